The normalized spacial score (nSPS) is 11.9. The molecule has 20 heavy (non-hydrogen) atoms. The Morgan fingerprint density at radius 1 is 1.30 bits per heavy atom. The fourth-order valence-corrected chi connectivity index (χ4v) is 2.46. The molecule has 3 nitrogen and oxygen atoms in total. The van der Waals surface area contributed by atoms with Crippen molar-refractivity contribution in [3.63, 3.8) is 0 Å². The molecule has 104 valence electrons. The van der Waals surface area contributed by atoms with E-state index in [0.29, 0.717) is 16.3 Å². The number of amides is 1. The van der Waals surface area contributed by atoms with Crippen molar-refractivity contribution < 1.29 is 4.79 Å². The molecule has 0 aliphatic rings. The summed E-state index contributed by atoms with van der Waals surface area (Å²) in [5.41, 5.74) is 7.52. The lowest BCUT2D eigenvalue weighted by Crippen LogP contribution is -2.27. The molecule has 0 saturated carbocycles. The molecule has 0 aliphatic carbocycles. The quantitative estimate of drug-likeness (QED) is 0.813. The summed E-state index contributed by atoms with van der Waals surface area (Å²) >= 11 is 9.33. The predicted octanol–water partition coefficient (Wildman–Crippen LogP) is 4.18. The second kappa shape index (κ2) is 6.29. The van der Waals surface area contributed by atoms with Gasteiger partial charge in [0.2, 0.25) is 0 Å². The van der Waals surface area contributed by atoms with Gasteiger partial charge in [-0.05, 0) is 36.8 Å². The maximum Gasteiger partial charge on any atom is 0.253 e. The van der Waals surface area contributed by atoms with Crippen LogP contribution in [0, 0.1) is 0 Å². The van der Waals surface area contributed by atoms with Crippen LogP contribution in [-0.2, 0) is 0 Å². The maximum atomic E-state index is 12.2. The van der Waals surface area contributed by atoms with Crippen molar-refractivity contribution in [2.24, 2.45) is 0 Å². The van der Waals surface area contributed by atoms with E-state index in [0.717, 1.165) is 10.0 Å². The average molecular weight is 354 g/mol. The summed E-state index contributed by atoms with van der Waals surface area (Å²) < 4.78 is 0.971. The Hall–Kier alpha value is -1.52. The van der Waals surface area contributed by atoms with E-state index < -0.39 is 0 Å². The van der Waals surface area contributed by atoms with Gasteiger partial charge in [-0.3, -0.25) is 4.79 Å². The molecule has 0 radical (unpaired) electrons. The van der Waals surface area contributed by atoms with Crippen LogP contribution in [0.4, 0.5) is 5.69 Å². The zero-order chi connectivity index (χ0) is 14.7. The molecule has 2 rings (SSSR count). The Kier molecular flexibility index (Phi) is 4.68. The number of benzene rings is 2. The van der Waals surface area contributed by atoms with Crippen LogP contribution in [-0.4, -0.2) is 5.91 Å². The van der Waals surface area contributed by atoms with E-state index >= 15 is 0 Å². The van der Waals surface area contributed by atoms with E-state index in [-0.39, 0.29) is 11.9 Å². The van der Waals surface area contributed by atoms with Crippen LogP contribution in [0.15, 0.2) is 46.9 Å². The third-order valence-corrected chi connectivity index (χ3v) is 3.82. The van der Waals surface area contributed by atoms with Crippen molar-refractivity contribution in [3.05, 3.63) is 63.1 Å². The molecule has 0 aliphatic heterocycles. The Balaban J connectivity index is 2.17. The Bertz CT molecular complexity index is 646. The number of carbonyl (C=O) groups is 1. The van der Waals surface area contributed by atoms with Gasteiger partial charge in [-0.1, -0.05) is 45.7 Å². The van der Waals surface area contributed by atoms with E-state index in [4.69, 9.17) is 17.3 Å². The first-order valence-electron chi connectivity index (χ1n) is 6.09. The molecule has 0 spiro atoms. The second-order valence-corrected chi connectivity index (χ2v) is 5.77. The number of halogens is 2. The highest BCUT2D eigenvalue weighted by atomic mass is 79.9. The first-order chi connectivity index (χ1) is 9.49. The van der Waals surface area contributed by atoms with Gasteiger partial charge in [-0.2, -0.15) is 0 Å². The number of carbonyl (C=O) groups excluding carboxylic acids is 1. The fourth-order valence-electron chi connectivity index (χ4n) is 1.87. The molecule has 3 N–H and O–H groups in total. The van der Waals surface area contributed by atoms with Crippen LogP contribution in [0.5, 0.6) is 0 Å². The van der Waals surface area contributed by atoms with Crippen LogP contribution in [0.2, 0.25) is 5.02 Å². The van der Waals surface area contributed by atoms with Gasteiger partial charge in [0.15, 0.2) is 0 Å². The van der Waals surface area contributed by atoms with Crippen LogP contribution in [0.3, 0.4) is 0 Å². The monoisotopic (exact) mass is 352 g/mol. The molecule has 0 saturated heterocycles. The van der Waals surface area contributed by atoms with Gasteiger partial charge < -0.3 is 11.1 Å². The number of para-hydroxylation sites is 1. The maximum absolute atomic E-state index is 12.2. The first kappa shape index (κ1) is 14.9. The smallest absolute Gasteiger partial charge is 0.253 e. The number of hydrogen-bond donors (Lipinski definition) is 2. The lowest BCUT2D eigenvalue weighted by molar-refractivity contribution is 0.0941. The molecule has 5 heteroatoms. The van der Waals surface area contributed by atoms with E-state index in [9.17, 15) is 4.79 Å². The molecule has 1 unspecified atom stereocenters. The number of nitrogens with two attached hydrogens (primary N) is 1. The van der Waals surface area contributed by atoms with Crippen LogP contribution >= 0.6 is 27.5 Å². The SMILES string of the molecule is CC(NC(=O)c1cccc(Cl)c1N)c1cccc(Br)c1. The number of nitrogen functional groups attached to an aromatic ring is 1. The summed E-state index contributed by atoms with van der Waals surface area (Å²) in [4.78, 5) is 12.2. The number of anilines is 1. The molecule has 0 fully saturated rings. The van der Waals surface area contributed by atoms with Gasteiger partial charge >= 0.3 is 0 Å². The second-order valence-electron chi connectivity index (χ2n) is 4.45. The minimum atomic E-state index is -0.238. The minimum Gasteiger partial charge on any atom is -0.397 e. The van der Waals surface area contributed by atoms with Gasteiger partial charge in [0.1, 0.15) is 0 Å². The van der Waals surface area contributed by atoms with Gasteiger partial charge in [-0.15, -0.1) is 0 Å². The Labute approximate surface area is 131 Å². The molecular weight excluding hydrogens is 340 g/mol. The lowest BCUT2D eigenvalue weighted by atomic mass is 10.1. The highest BCUT2D eigenvalue weighted by molar-refractivity contribution is 9.10. The van der Waals surface area contributed by atoms with E-state index in [1.54, 1.807) is 18.2 Å². The van der Waals surface area contributed by atoms with E-state index in [2.05, 4.69) is 21.2 Å². The molecule has 0 bridgehead atoms. The molecular formula is C15H14BrClN2O. The Morgan fingerprint density at radius 2 is 2.00 bits per heavy atom. The molecule has 2 aromatic carbocycles. The van der Waals surface area contributed by atoms with Crippen molar-refractivity contribution in [2.45, 2.75) is 13.0 Å². The van der Waals surface area contributed by atoms with Crippen molar-refractivity contribution in [1.82, 2.24) is 5.32 Å². The average Bonchev–Trinajstić information content (AvgIpc) is 2.41. The zero-order valence-electron chi connectivity index (χ0n) is 10.9. The highest BCUT2D eigenvalue weighted by Gasteiger charge is 2.15. The van der Waals surface area contributed by atoms with Crippen LogP contribution < -0.4 is 11.1 Å². The van der Waals surface area contributed by atoms with Crippen LogP contribution in [0.25, 0.3) is 0 Å². The number of rotatable bonds is 3. The lowest BCUT2D eigenvalue weighted by Gasteiger charge is -2.15. The highest BCUT2D eigenvalue weighted by Crippen LogP contribution is 2.23. The third-order valence-electron chi connectivity index (χ3n) is 2.99. The number of nitrogens with one attached hydrogen (secondary N) is 1. The van der Waals surface area contributed by atoms with Crippen molar-refractivity contribution in [2.75, 3.05) is 5.73 Å². The Morgan fingerprint density at radius 3 is 2.70 bits per heavy atom. The van der Waals surface area contributed by atoms with Crippen molar-refractivity contribution in [3.8, 4) is 0 Å². The van der Waals surface area contributed by atoms with Gasteiger partial charge in [-0.25, -0.2) is 0 Å². The molecule has 0 heterocycles. The van der Waals surface area contributed by atoms with E-state index in [1.807, 2.05) is 31.2 Å². The summed E-state index contributed by atoms with van der Waals surface area (Å²) in [6.07, 6.45) is 0. The third kappa shape index (κ3) is 3.32. The molecule has 0 aromatic heterocycles. The fraction of sp³-hybridized carbons (Fsp3) is 0.133. The van der Waals surface area contributed by atoms with Gasteiger partial charge in [0.25, 0.3) is 5.91 Å². The van der Waals surface area contributed by atoms with Crippen molar-refractivity contribution in [1.29, 1.82) is 0 Å². The summed E-state index contributed by atoms with van der Waals surface area (Å²) in [6.45, 7) is 1.92. The summed E-state index contributed by atoms with van der Waals surface area (Å²) in [6, 6.07) is 12.7. The number of hydrogen-bond acceptors (Lipinski definition) is 2. The summed E-state index contributed by atoms with van der Waals surface area (Å²) in [7, 11) is 0. The summed E-state index contributed by atoms with van der Waals surface area (Å²) in [5, 5.41) is 3.29. The van der Waals surface area contributed by atoms with Gasteiger partial charge in [0.05, 0.1) is 22.3 Å². The standard InChI is InChI=1S/C15H14BrClN2O/c1-9(10-4-2-5-11(16)8-10)19-15(20)12-6-3-7-13(17)14(12)18/h2-9H,18H2,1H3,(H,19,20). The van der Waals surface area contributed by atoms with Crippen LogP contribution in [0.1, 0.15) is 28.9 Å². The van der Waals surface area contributed by atoms with Gasteiger partial charge in [0, 0.05) is 4.47 Å². The first-order valence-corrected chi connectivity index (χ1v) is 7.26. The summed E-state index contributed by atoms with van der Waals surface area (Å²) in [5.74, 6) is -0.238. The van der Waals surface area contributed by atoms with Crippen molar-refractivity contribution >= 4 is 39.1 Å². The predicted molar refractivity (Wildman–Crippen MR) is 85.9 cm³/mol. The molecule has 1 atom stereocenters. The zero-order valence-corrected chi connectivity index (χ0v) is 13.2. The largest absolute Gasteiger partial charge is 0.397 e. The van der Waals surface area contributed by atoms with E-state index in [1.165, 1.54) is 0 Å². The molecule has 2 aromatic rings. The topological polar surface area (TPSA) is 55.1 Å². The minimum absolute atomic E-state index is 0.126. The molecule has 1 amide bonds.